The molecule has 0 fully saturated rings. The van der Waals surface area contributed by atoms with Gasteiger partial charge in [0.1, 0.15) is 12.4 Å². The number of fused-ring (bicyclic) bond motifs is 3. The molecule has 0 heterocycles. The molecule has 0 aliphatic heterocycles. The van der Waals surface area contributed by atoms with E-state index in [1.54, 1.807) is 0 Å². The fourth-order valence-corrected chi connectivity index (χ4v) is 9.48. The van der Waals surface area contributed by atoms with Crippen molar-refractivity contribution in [1.82, 2.24) is 0 Å². The smallest absolute Gasteiger partial charge is 0.119 e. The molecule has 62 heavy (non-hydrogen) atoms. The first-order valence-electron chi connectivity index (χ1n) is 22.7. The summed E-state index contributed by atoms with van der Waals surface area (Å²) in [5.41, 5.74) is 16.8. The Morgan fingerprint density at radius 3 is 1.76 bits per heavy atom. The molecule has 1 aliphatic carbocycles. The van der Waals surface area contributed by atoms with Crippen LogP contribution in [0.15, 0.2) is 200 Å². The van der Waals surface area contributed by atoms with Crippen LogP contribution >= 0.6 is 0 Å². The van der Waals surface area contributed by atoms with Gasteiger partial charge < -0.3 is 9.64 Å². The van der Waals surface area contributed by atoms with Crippen LogP contribution in [0.3, 0.4) is 0 Å². The van der Waals surface area contributed by atoms with Crippen LogP contribution in [0.25, 0.3) is 22.3 Å². The lowest BCUT2D eigenvalue weighted by molar-refractivity contribution is 0.306. The highest BCUT2D eigenvalue weighted by atomic mass is 16.5. The Bertz CT molecular complexity index is 2680. The van der Waals surface area contributed by atoms with Crippen LogP contribution in [-0.4, -0.2) is 0 Å². The SMILES string of the molecule is CCCCCCc1ccc(C2(c3ccc(OCc4ccc(C(C)CC)cc4)cc3)c3ccccc3-c3ccc(N(c4ccccc4)c4ccc(-c5ccccc5)cc4)cc32)cc1. The van der Waals surface area contributed by atoms with Gasteiger partial charge in [-0.25, -0.2) is 0 Å². The van der Waals surface area contributed by atoms with E-state index in [0.29, 0.717) is 12.5 Å². The molecule has 9 rings (SSSR count). The molecule has 0 saturated heterocycles. The van der Waals surface area contributed by atoms with E-state index in [1.807, 2.05) is 0 Å². The van der Waals surface area contributed by atoms with Crippen molar-refractivity contribution in [3.63, 3.8) is 0 Å². The summed E-state index contributed by atoms with van der Waals surface area (Å²) < 4.78 is 6.46. The average molecular weight is 808 g/mol. The van der Waals surface area contributed by atoms with Crippen molar-refractivity contribution in [3.05, 3.63) is 239 Å². The molecule has 8 aromatic rings. The maximum Gasteiger partial charge on any atom is 0.119 e. The lowest BCUT2D eigenvalue weighted by atomic mass is 9.67. The molecule has 0 saturated carbocycles. The van der Waals surface area contributed by atoms with E-state index in [2.05, 4.69) is 226 Å². The van der Waals surface area contributed by atoms with Gasteiger partial charge >= 0.3 is 0 Å². The molecular weight excluding hydrogens is 751 g/mol. The Balaban J connectivity index is 1.15. The van der Waals surface area contributed by atoms with Gasteiger partial charge in [-0.2, -0.15) is 0 Å². The predicted octanol–water partition coefficient (Wildman–Crippen LogP) is 16.4. The second-order valence-corrected chi connectivity index (χ2v) is 17.0. The van der Waals surface area contributed by atoms with Gasteiger partial charge in [0, 0.05) is 17.1 Å². The Labute approximate surface area is 369 Å². The molecule has 1 aliphatic rings. The van der Waals surface area contributed by atoms with Crippen molar-refractivity contribution in [1.29, 1.82) is 0 Å². The first kappa shape index (κ1) is 40.7. The molecule has 0 amide bonds. The second kappa shape index (κ2) is 18.5. The molecule has 0 aromatic heterocycles. The van der Waals surface area contributed by atoms with Crippen LogP contribution in [0.4, 0.5) is 17.1 Å². The Kier molecular flexibility index (Phi) is 12.2. The molecule has 308 valence electrons. The lowest BCUT2D eigenvalue weighted by Gasteiger charge is -2.35. The summed E-state index contributed by atoms with van der Waals surface area (Å²) in [7, 11) is 0. The fourth-order valence-electron chi connectivity index (χ4n) is 9.48. The third kappa shape index (κ3) is 8.10. The van der Waals surface area contributed by atoms with Crippen LogP contribution in [0.1, 0.15) is 97.7 Å². The van der Waals surface area contributed by atoms with Gasteiger partial charge in [-0.15, -0.1) is 0 Å². The summed E-state index contributed by atoms with van der Waals surface area (Å²) in [6, 6.07) is 73.9. The van der Waals surface area contributed by atoms with Crippen molar-refractivity contribution in [2.45, 2.75) is 77.2 Å². The number of nitrogens with zero attached hydrogens (tertiary/aromatic N) is 1. The summed E-state index contributed by atoms with van der Waals surface area (Å²) in [6.45, 7) is 7.34. The quantitative estimate of drug-likeness (QED) is 0.0902. The summed E-state index contributed by atoms with van der Waals surface area (Å²) in [6.07, 6.45) is 7.27. The fraction of sp³-hybridized carbons (Fsp3) is 0.200. The number of hydrogen-bond acceptors (Lipinski definition) is 2. The first-order chi connectivity index (χ1) is 30.6. The predicted molar refractivity (Wildman–Crippen MR) is 261 cm³/mol. The van der Waals surface area contributed by atoms with E-state index < -0.39 is 5.41 Å². The van der Waals surface area contributed by atoms with Gasteiger partial charge in [0.25, 0.3) is 0 Å². The van der Waals surface area contributed by atoms with Gasteiger partial charge in [0.05, 0.1) is 5.41 Å². The Morgan fingerprint density at radius 1 is 0.484 bits per heavy atom. The average Bonchev–Trinajstić information content (AvgIpc) is 3.64. The third-order valence-corrected chi connectivity index (χ3v) is 13.1. The summed E-state index contributed by atoms with van der Waals surface area (Å²) in [5.74, 6) is 1.42. The maximum absolute atomic E-state index is 6.46. The molecule has 0 N–H and O–H groups in total. The molecule has 8 aromatic carbocycles. The summed E-state index contributed by atoms with van der Waals surface area (Å²) in [5, 5.41) is 0. The second-order valence-electron chi connectivity index (χ2n) is 17.0. The van der Waals surface area contributed by atoms with Crippen LogP contribution in [0, 0.1) is 0 Å². The molecular formula is C60H57NO. The van der Waals surface area contributed by atoms with Crippen LogP contribution in [-0.2, 0) is 18.4 Å². The molecule has 2 heteroatoms. The standard InChI is InChI=1S/C60H57NO/c1-4-6-7-10-17-45-26-32-50(33-27-45)60(51-34-39-55(40-35-51)62-43-46-24-28-47(29-25-46)44(3)5-2)58-23-16-15-22-56(58)57-41-38-54(42-59(57)60)61(52-20-13-9-14-21-52)53-36-30-49(31-37-53)48-18-11-8-12-19-48/h8-9,11-16,18-42,44H,4-7,10,17,43H2,1-3H3. The van der Waals surface area contributed by atoms with E-state index in [9.17, 15) is 0 Å². The number of hydrogen-bond donors (Lipinski definition) is 0. The minimum Gasteiger partial charge on any atom is -0.489 e. The molecule has 0 radical (unpaired) electrons. The number of rotatable bonds is 16. The molecule has 0 bridgehead atoms. The lowest BCUT2D eigenvalue weighted by Crippen LogP contribution is -2.29. The van der Waals surface area contributed by atoms with Gasteiger partial charge in [0.15, 0.2) is 0 Å². The van der Waals surface area contributed by atoms with E-state index >= 15 is 0 Å². The van der Waals surface area contributed by atoms with Gasteiger partial charge in [0.2, 0.25) is 0 Å². The monoisotopic (exact) mass is 807 g/mol. The van der Waals surface area contributed by atoms with Crippen molar-refractivity contribution >= 4 is 17.1 Å². The highest BCUT2D eigenvalue weighted by molar-refractivity contribution is 5.89. The zero-order valence-corrected chi connectivity index (χ0v) is 36.4. The minimum atomic E-state index is -0.563. The van der Waals surface area contributed by atoms with Crippen LogP contribution in [0.2, 0.25) is 0 Å². The first-order valence-corrected chi connectivity index (χ1v) is 22.7. The van der Waals surface area contributed by atoms with Crippen molar-refractivity contribution in [3.8, 4) is 28.0 Å². The number of aryl methyl sites for hydroxylation is 1. The number of unbranched alkanes of at least 4 members (excludes halogenated alkanes) is 3. The van der Waals surface area contributed by atoms with Crippen molar-refractivity contribution in [2.75, 3.05) is 4.90 Å². The highest BCUT2D eigenvalue weighted by Gasteiger charge is 2.46. The van der Waals surface area contributed by atoms with E-state index in [-0.39, 0.29) is 0 Å². The minimum absolute atomic E-state index is 0.529. The summed E-state index contributed by atoms with van der Waals surface area (Å²) in [4.78, 5) is 2.40. The molecule has 0 spiro atoms. The van der Waals surface area contributed by atoms with Gasteiger partial charge in [-0.3, -0.25) is 0 Å². The number of benzene rings is 8. The zero-order valence-electron chi connectivity index (χ0n) is 36.4. The zero-order chi connectivity index (χ0) is 42.3. The van der Waals surface area contributed by atoms with Crippen LogP contribution in [0.5, 0.6) is 5.75 Å². The number of anilines is 3. The van der Waals surface area contributed by atoms with Crippen molar-refractivity contribution < 1.29 is 4.74 Å². The third-order valence-electron chi connectivity index (χ3n) is 13.1. The highest BCUT2D eigenvalue weighted by Crippen LogP contribution is 2.57. The number of para-hydroxylation sites is 1. The Morgan fingerprint density at radius 2 is 1.06 bits per heavy atom. The molecule has 2 atom stereocenters. The summed E-state index contributed by atoms with van der Waals surface area (Å²) >= 11 is 0. The van der Waals surface area contributed by atoms with Crippen molar-refractivity contribution in [2.24, 2.45) is 0 Å². The van der Waals surface area contributed by atoms with E-state index in [1.165, 1.54) is 86.9 Å². The maximum atomic E-state index is 6.46. The topological polar surface area (TPSA) is 12.5 Å². The normalized spacial score (nSPS) is 14.5. The van der Waals surface area contributed by atoms with Crippen LogP contribution < -0.4 is 9.64 Å². The Hall–Kier alpha value is -6.64. The van der Waals surface area contributed by atoms with Gasteiger partial charge in [-0.05, 0) is 135 Å². The largest absolute Gasteiger partial charge is 0.489 e. The van der Waals surface area contributed by atoms with E-state index in [0.717, 1.165) is 35.7 Å². The number of ether oxygens (including phenoxy) is 1. The van der Waals surface area contributed by atoms with E-state index in [4.69, 9.17) is 4.74 Å². The van der Waals surface area contributed by atoms with Gasteiger partial charge in [-0.1, -0.05) is 192 Å². The molecule has 2 unspecified atom stereocenters. The molecule has 2 nitrogen and oxygen atoms in total.